The van der Waals surface area contributed by atoms with Gasteiger partial charge in [0.15, 0.2) is 17.3 Å². The second-order valence-electron chi connectivity index (χ2n) is 6.08. The first-order valence-corrected chi connectivity index (χ1v) is 9.84. The standard InChI is InChI=1S/C21H16ClN3O3S/c1-27-16-9-5-14(11-17(16)28-2)12-18-20(26)25-21(29-18)23-19(24-25)10-6-13-3-7-15(22)8-4-13/h3-12H,1-2H3/b10-6+,18-12+. The zero-order valence-electron chi connectivity index (χ0n) is 15.6. The lowest BCUT2D eigenvalue weighted by atomic mass is 10.2. The maximum Gasteiger partial charge on any atom is 0.291 e. The molecule has 2 aromatic heterocycles. The molecule has 0 bridgehead atoms. The van der Waals surface area contributed by atoms with Crippen molar-refractivity contribution in [3.8, 4) is 11.5 Å². The SMILES string of the molecule is COc1ccc(/C=c2/sc3nc(/C=C/c4ccc(Cl)cc4)nn3c2=O)cc1OC. The van der Waals surface area contributed by atoms with Gasteiger partial charge in [0.1, 0.15) is 0 Å². The van der Waals surface area contributed by atoms with Crippen LogP contribution in [0.5, 0.6) is 11.5 Å². The Morgan fingerprint density at radius 1 is 1.00 bits per heavy atom. The van der Waals surface area contributed by atoms with Crippen LogP contribution in [0, 0.1) is 0 Å². The van der Waals surface area contributed by atoms with Crippen molar-refractivity contribution in [2.24, 2.45) is 0 Å². The Hall–Kier alpha value is -3.16. The zero-order chi connectivity index (χ0) is 20.4. The van der Waals surface area contributed by atoms with Gasteiger partial charge in [-0.2, -0.15) is 9.50 Å². The van der Waals surface area contributed by atoms with Gasteiger partial charge in [0.05, 0.1) is 18.8 Å². The lowest BCUT2D eigenvalue weighted by molar-refractivity contribution is 0.355. The highest BCUT2D eigenvalue weighted by molar-refractivity contribution is 7.15. The summed E-state index contributed by atoms with van der Waals surface area (Å²) in [5.74, 6) is 1.70. The number of nitrogens with zero attached hydrogens (tertiary/aromatic N) is 3. The van der Waals surface area contributed by atoms with Crippen molar-refractivity contribution in [3.63, 3.8) is 0 Å². The Labute approximate surface area is 175 Å². The second kappa shape index (κ2) is 8.06. The summed E-state index contributed by atoms with van der Waals surface area (Å²) in [6.07, 6.45) is 5.42. The molecule has 6 nitrogen and oxygen atoms in total. The van der Waals surface area contributed by atoms with E-state index in [0.717, 1.165) is 11.1 Å². The zero-order valence-corrected chi connectivity index (χ0v) is 17.2. The molecule has 0 amide bonds. The highest BCUT2D eigenvalue weighted by atomic mass is 35.5. The van der Waals surface area contributed by atoms with Crippen molar-refractivity contribution in [3.05, 3.63) is 79.3 Å². The Balaban J connectivity index is 1.65. The molecule has 4 rings (SSSR count). The molecule has 2 heterocycles. The van der Waals surface area contributed by atoms with Gasteiger partial charge in [-0.25, -0.2) is 0 Å². The van der Waals surface area contributed by atoms with Gasteiger partial charge in [0, 0.05) is 5.02 Å². The topological polar surface area (TPSA) is 65.7 Å². The number of methoxy groups -OCH3 is 2. The third kappa shape index (κ3) is 4.01. The van der Waals surface area contributed by atoms with E-state index in [4.69, 9.17) is 21.1 Å². The fourth-order valence-corrected chi connectivity index (χ4v) is 3.80. The van der Waals surface area contributed by atoms with Gasteiger partial charge in [-0.3, -0.25) is 4.79 Å². The van der Waals surface area contributed by atoms with Crippen LogP contribution >= 0.6 is 22.9 Å². The molecule has 0 N–H and O–H groups in total. The minimum Gasteiger partial charge on any atom is -0.493 e. The van der Waals surface area contributed by atoms with Crippen molar-refractivity contribution >= 4 is 46.1 Å². The van der Waals surface area contributed by atoms with Crippen LogP contribution in [0.4, 0.5) is 0 Å². The molecule has 4 aromatic rings. The van der Waals surface area contributed by atoms with Crippen LogP contribution < -0.4 is 19.6 Å². The summed E-state index contributed by atoms with van der Waals surface area (Å²) >= 11 is 7.17. The van der Waals surface area contributed by atoms with E-state index in [1.165, 1.54) is 15.9 Å². The third-order valence-corrected chi connectivity index (χ3v) is 5.41. The van der Waals surface area contributed by atoms with Crippen molar-refractivity contribution in [2.45, 2.75) is 0 Å². The summed E-state index contributed by atoms with van der Waals surface area (Å²) in [6, 6.07) is 12.9. The maximum atomic E-state index is 12.7. The lowest BCUT2D eigenvalue weighted by Gasteiger charge is -2.07. The van der Waals surface area contributed by atoms with Gasteiger partial charge < -0.3 is 9.47 Å². The first-order valence-electron chi connectivity index (χ1n) is 8.64. The molecule has 0 spiro atoms. The predicted octanol–water partition coefficient (Wildman–Crippen LogP) is 3.54. The van der Waals surface area contributed by atoms with E-state index in [2.05, 4.69) is 10.1 Å². The monoisotopic (exact) mass is 425 g/mol. The van der Waals surface area contributed by atoms with E-state index in [1.54, 1.807) is 32.4 Å². The van der Waals surface area contributed by atoms with Gasteiger partial charge in [0.25, 0.3) is 5.56 Å². The van der Waals surface area contributed by atoms with Crippen molar-refractivity contribution in [1.82, 2.24) is 14.6 Å². The van der Waals surface area contributed by atoms with Gasteiger partial charge in [-0.05, 0) is 47.5 Å². The number of thiazole rings is 1. The van der Waals surface area contributed by atoms with Crippen LogP contribution in [0.25, 0.3) is 23.2 Å². The molecule has 0 atom stereocenters. The molecular formula is C21H16ClN3O3S. The largest absolute Gasteiger partial charge is 0.493 e. The molecule has 0 saturated carbocycles. The average Bonchev–Trinajstić information content (AvgIpc) is 3.26. The highest BCUT2D eigenvalue weighted by Gasteiger charge is 2.09. The number of halogens is 1. The fraction of sp³-hybridized carbons (Fsp3) is 0.0952. The molecular weight excluding hydrogens is 410 g/mol. The summed E-state index contributed by atoms with van der Waals surface area (Å²) in [5.41, 5.74) is 1.59. The lowest BCUT2D eigenvalue weighted by Crippen LogP contribution is -2.23. The normalized spacial score (nSPS) is 12.2. The smallest absolute Gasteiger partial charge is 0.291 e. The fourth-order valence-electron chi connectivity index (χ4n) is 2.76. The van der Waals surface area contributed by atoms with Crippen LogP contribution in [-0.2, 0) is 0 Å². The van der Waals surface area contributed by atoms with Crippen LogP contribution in [0.1, 0.15) is 17.0 Å². The number of ether oxygens (including phenoxy) is 2. The van der Waals surface area contributed by atoms with Gasteiger partial charge in [-0.15, -0.1) is 5.10 Å². The van der Waals surface area contributed by atoms with Crippen molar-refractivity contribution in [2.75, 3.05) is 14.2 Å². The van der Waals surface area contributed by atoms with Crippen LogP contribution in [0.15, 0.2) is 47.3 Å². The summed E-state index contributed by atoms with van der Waals surface area (Å²) in [7, 11) is 3.15. The molecule has 8 heteroatoms. The minimum absolute atomic E-state index is 0.210. The average molecular weight is 426 g/mol. The first kappa shape index (κ1) is 19.2. The van der Waals surface area contributed by atoms with E-state index in [0.29, 0.717) is 31.8 Å². The predicted molar refractivity (Wildman–Crippen MR) is 116 cm³/mol. The van der Waals surface area contributed by atoms with Crippen molar-refractivity contribution < 1.29 is 9.47 Å². The molecule has 0 radical (unpaired) electrons. The maximum absolute atomic E-state index is 12.7. The number of hydrogen-bond acceptors (Lipinski definition) is 6. The van der Waals surface area contributed by atoms with E-state index < -0.39 is 0 Å². The van der Waals surface area contributed by atoms with Gasteiger partial charge in [0.2, 0.25) is 4.96 Å². The molecule has 0 aliphatic heterocycles. The molecule has 29 heavy (non-hydrogen) atoms. The Morgan fingerprint density at radius 2 is 1.72 bits per heavy atom. The van der Waals surface area contributed by atoms with E-state index in [1.807, 2.05) is 42.5 Å². The summed E-state index contributed by atoms with van der Waals surface area (Å²) in [6.45, 7) is 0. The van der Waals surface area contributed by atoms with Crippen LogP contribution in [0.2, 0.25) is 5.02 Å². The van der Waals surface area contributed by atoms with E-state index in [9.17, 15) is 4.79 Å². The van der Waals surface area contributed by atoms with Crippen molar-refractivity contribution in [1.29, 1.82) is 0 Å². The Kier molecular flexibility index (Phi) is 5.33. The number of hydrogen-bond donors (Lipinski definition) is 0. The number of benzene rings is 2. The highest BCUT2D eigenvalue weighted by Crippen LogP contribution is 2.27. The molecule has 0 unspecified atom stereocenters. The minimum atomic E-state index is -0.210. The first-order chi connectivity index (χ1) is 14.1. The van der Waals surface area contributed by atoms with Gasteiger partial charge in [-0.1, -0.05) is 47.2 Å². The molecule has 0 aliphatic carbocycles. The molecule has 0 saturated heterocycles. The van der Waals surface area contributed by atoms with Crippen LogP contribution in [0.3, 0.4) is 0 Å². The Morgan fingerprint density at radius 3 is 2.41 bits per heavy atom. The quantitative estimate of drug-likeness (QED) is 0.489. The molecule has 146 valence electrons. The Bertz CT molecular complexity index is 1310. The number of rotatable bonds is 5. The molecule has 0 aliphatic rings. The molecule has 0 fully saturated rings. The van der Waals surface area contributed by atoms with E-state index >= 15 is 0 Å². The summed E-state index contributed by atoms with van der Waals surface area (Å²) in [4.78, 5) is 17.6. The van der Waals surface area contributed by atoms with Crippen LogP contribution in [-0.4, -0.2) is 28.8 Å². The third-order valence-electron chi connectivity index (χ3n) is 4.20. The summed E-state index contributed by atoms with van der Waals surface area (Å²) in [5, 5.41) is 4.97. The van der Waals surface area contributed by atoms with Gasteiger partial charge >= 0.3 is 0 Å². The number of fused-ring (bicyclic) bond motifs is 1. The van der Waals surface area contributed by atoms with E-state index in [-0.39, 0.29) is 5.56 Å². The molecule has 2 aromatic carbocycles. The summed E-state index contributed by atoms with van der Waals surface area (Å²) < 4.78 is 12.4. The number of aromatic nitrogens is 3. The second-order valence-corrected chi connectivity index (χ2v) is 7.53.